The number of ether oxygens (including phenoxy) is 2. The van der Waals surface area contributed by atoms with Crippen molar-refractivity contribution in [1.29, 1.82) is 0 Å². The Kier molecular flexibility index (Phi) is 5.18. The van der Waals surface area contributed by atoms with Gasteiger partial charge in [-0.15, -0.1) is 0 Å². The van der Waals surface area contributed by atoms with Crippen LogP contribution in [0, 0.1) is 0 Å². The molecule has 6 nitrogen and oxygen atoms in total. The average molecular weight is 340 g/mol. The highest BCUT2D eigenvalue weighted by Crippen LogP contribution is 2.23. The third-order valence-corrected chi connectivity index (χ3v) is 4.12. The number of hydrogen-bond donors (Lipinski definition) is 1. The lowest BCUT2D eigenvalue weighted by molar-refractivity contribution is -0.125. The van der Waals surface area contributed by atoms with Gasteiger partial charge < -0.3 is 14.8 Å². The second-order valence-electron chi connectivity index (χ2n) is 5.74. The molecule has 0 spiro atoms. The first-order chi connectivity index (χ1) is 12.2. The third kappa shape index (κ3) is 3.91. The van der Waals surface area contributed by atoms with Gasteiger partial charge in [-0.25, -0.2) is 4.79 Å². The molecule has 2 amide bonds. The first-order valence-corrected chi connectivity index (χ1v) is 8.06. The number of nitrogens with zero attached hydrogens (tertiary/aromatic N) is 1. The molecule has 1 atom stereocenters. The molecule has 3 rings (SSSR count). The van der Waals surface area contributed by atoms with Crippen LogP contribution in [0.5, 0.6) is 5.75 Å². The van der Waals surface area contributed by atoms with E-state index in [0.29, 0.717) is 12.3 Å². The Morgan fingerprint density at radius 2 is 1.92 bits per heavy atom. The largest absolute Gasteiger partial charge is 0.496 e. The summed E-state index contributed by atoms with van der Waals surface area (Å²) in [6.45, 7) is 0.716. The molecule has 1 aliphatic heterocycles. The summed E-state index contributed by atoms with van der Waals surface area (Å²) in [7, 11) is 1.57. The number of benzene rings is 2. The summed E-state index contributed by atoms with van der Waals surface area (Å²) in [6, 6.07) is 16.4. The predicted molar refractivity (Wildman–Crippen MR) is 92.0 cm³/mol. The number of methoxy groups -OCH3 is 1. The van der Waals surface area contributed by atoms with Crippen molar-refractivity contribution >= 4 is 12.0 Å². The molecule has 0 aliphatic carbocycles. The summed E-state index contributed by atoms with van der Waals surface area (Å²) >= 11 is 0. The minimum absolute atomic E-state index is 0.0502. The van der Waals surface area contributed by atoms with E-state index in [1.807, 2.05) is 54.6 Å². The van der Waals surface area contributed by atoms with Crippen molar-refractivity contribution in [2.45, 2.75) is 19.1 Å². The molecular weight excluding hydrogens is 320 g/mol. The van der Waals surface area contributed by atoms with Gasteiger partial charge in [0.25, 0.3) is 0 Å². The van der Waals surface area contributed by atoms with Crippen LogP contribution < -0.4 is 10.1 Å². The standard InChI is InChI=1S/C19H20N2O4/c1-24-17-10-6-5-9-15(17)12-21-16(13-25-19(21)23)18(22)20-11-14-7-3-2-4-8-14/h2-10,16H,11-13H2,1H3,(H,20,22)/t16-/m0/s1. The molecule has 2 aromatic carbocycles. The molecule has 0 saturated carbocycles. The van der Waals surface area contributed by atoms with Crippen LogP contribution >= 0.6 is 0 Å². The van der Waals surface area contributed by atoms with Crippen LogP contribution in [0.15, 0.2) is 54.6 Å². The van der Waals surface area contributed by atoms with Crippen LogP contribution in [0.25, 0.3) is 0 Å². The summed E-state index contributed by atoms with van der Waals surface area (Å²) < 4.78 is 10.4. The Morgan fingerprint density at radius 3 is 2.68 bits per heavy atom. The van der Waals surface area contributed by atoms with E-state index in [-0.39, 0.29) is 19.1 Å². The molecule has 1 N–H and O–H groups in total. The van der Waals surface area contributed by atoms with E-state index in [1.54, 1.807) is 7.11 Å². The number of para-hydroxylation sites is 1. The zero-order valence-electron chi connectivity index (χ0n) is 14.0. The van der Waals surface area contributed by atoms with Crippen LogP contribution in [0.1, 0.15) is 11.1 Å². The number of rotatable bonds is 6. The number of hydrogen-bond acceptors (Lipinski definition) is 4. The quantitative estimate of drug-likeness (QED) is 0.876. The highest BCUT2D eigenvalue weighted by atomic mass is 16.6. The SMILES string of the molecule is COc1ccccc1CN1C(=O)OC[C@H]1C(=O)NCc1ccccc1. The average Bonchev–Trinajstić information content (AvgIpc) is 3.02. The summed E-state index contributed by atoms with van der Waals surface area (Å²) in [6.07, 6.45) is -0.495. The molecule has 1 saturated heterocycles. The van der Waals surface area contributed by atoms with E-state index in [2.05, 4.69) is 5.32 Å². The van der Waals surface area contributed by atoms with E-state index in [0.717, 1.165) is 11.1 Å². The van der Waals surface area contributed by atoms with Crippen molar-refractivity contribution in [2.24, 2.45) is 0 Å². The number of amides is 2. The van der Waals surface area contributed by atoms with Gasteiger partial charge in [-0.2, -0.15) is 0 Å². The Balaban J connectivity index is 1.67. The molecular formula is C19H20N2O4. The molecule has 0 aromatic heterocycles. The Hall–Kier alpha value is -3.02. The van der Waals surface area contributed by atoms with Crippen molar-refractivity contribution in [3.05, 3.63) is 65.7 Å². The molecule has 0 unspecified atom stereocenters. The van der Waals surface area contributed by atoms with Gasteiger partial charge in [0.2, 0.25) is 5.91 Å². The second-order valence-corrected chi connectivity index (χ2v) is 5.74. The highest BCUT2D eigenvalue weighted by Gasteiger charge is 2.38. The topological polar surface area (TPSA) is 67.9 Å². The van der Waals surface area contributed by atoms with Crippen molar-refractivity contribution in [1.82, 2.24) is 10.2 Å². The molecule has 2 aromatic rings. The Bertz CT molecular complexity index is 748. The van der Waals surface area contributed by atoms with Gasteiger partial charge in [0.1, 0.15) is 18.4 Å². The van der Waals surface area contributed by atoms with Crippen molar-refractivity contribution in [3.8, 4) is 5.75 Å². The summed E-state index contributed by atoms with van der Waals surface area (Å²) in [5.41, 5.74) is 1.82. The zero-order chi connectivity index (χ0) is 17.6. The maximum absolute atomic E-state index is 12.5. The van der Waals surface area contributed by atoms with Crippen molar-refractivity contribution in [2.75, 3.05) is 13.7 Å². The molecule has 0 radical (unpaired) electrons. The van der Waals surface area contributed by atoms with Crippen LogP contribution in [0.3, 0.4) is 0 Å². The predicted octanol–water partition coefficient (Wildman–Crippen LogP) is 2.33. The maximum Gasteiger partial charge on any atom is 0.410 e. The molecule has 130 valence electrons. The monoisotopic (exact) mass is 340 g/mol. The first kappa shape index (κ1) is 16.8. The minimum Gasteiger partial charge on any atom is -0.496 e. The lowest BCUT2D eigenvalue weighted by atomic mass is 10.1. The number of carbonyl (C=O) groups excluding carboxylic acids is 2. The smallest absolute Gasteiger partial charge is 0.410 e. The molecule has 1 heterocycles. The normalized spacial score (nSPS) is 16.4. The van der Waals surface area contributed by atoms with Gasteiger partial charge in [0.05, 0.1) is 13.7 Å². The Labute approximate surface area is 146 Å². The van der Waals surface area contributed by atoms with Crippen molar-refractivity contribution in [3.63, 3.8) is 0 Å². The fourth-order valence-electron chi connectivity index (χ4n) is 2.76. The molecule has 1 aliphatic rings. The van der Waals surface area contributed by atoms with Gasteiger partial charge >= 0.3 is 6.09 Å². The number of carbonyl (C=O) groups is 2. The van der Waals surface area contributed by atoms with Crippen LogP contribution in [-0.2, 0) is 22.6 Å². The van der Waals surface area contributed by atoms with E-state index in [9.17, 15) is 9.59 Å². The molecule has 0 bridgehead atoms. The van der Waals surface area contributed by atoms with E-state index in [4.69, 9.17) is 9.47 Å². The molecule has 25 heavy (non-hydrogen) atoms. The maximum atomic E-state index is 12.5. The fraction of sp³-hybridized carbons (Fsp3) is 0.263. The van der Waals surface area contributed by atoms with Gasteiger partial charge in [-0.05, 0) is 11.6 Å². The van der Waals surface area contributed by atoms with Crippen molar-refractivity contribution < 1.29 is 19.1 Å². The van der Waals surface area contributed by atoms with Crippen LogP contribution in [-0.4, -0.2) is 36.7 Å². The van der Waals surface area contributed by atoms with Gasteiger partial charge in [-0.1, -0.05) is 48.5 Å². The fourth-order valence-corrected chi connectivity index (χ4v) is 2.76. The lowest BCUT2D eigenvalue weighted by Gasteiger charge is -2.21. The number of cyclic esters (lactones) is 1. The van der Waals surface area contributed by atoms with Gasteiger partial charge in [0, 0.05) is 12.1 Å². The summed E-state index contributed by atoms with van der Waals surface area (Å²) in [5.74, 6) is 0.440. The third-order valence-electron chi connectivity index (χ3n) is 4.12. The zero-order valence-corrected chi connectivity index (χ0v) is 14.0. The summed E-state index contributed by atoms with van der Waals surface area (Å²) in [5, 5.41) is 2.86. The van der Waals surface area contributed by atoms with Gasteiger partial charge in [0.15, 0.2) is 0 Å². The van der Waals surface area contributed by atoms with E-state index < -0.39 is 12.1 Å². The number of nitrogens with one attached hydrogen (secondary N) is 1. The van der Waals surface area contributed by atoms with E-state index >= 15 is 0 Å². The van der Waals surface area contributed by atoms with Crippen LogP contribution in [0.2, 0.25) is 0 Å². The molecule has 1 fully saturated rings. The highest BCUT2D eigenvalue weighted by molar-refractivity contribution is 5.87. The lowest BCUT2D eigenvalue weighted by Crippen LogP contribution is -2.45. The van der Waals surface area contributed by atoms with Gasteiger partial charge in [-0.3, -0.25) is 9.69 Å². The van der Waals surface area contributed by atoms with E-state index in [1.165, 1.54) is 4.90 Å². The second kappa shape index (κ2) is 7.70. The first-order valence-electron chi connectivity index (χ1n) is 8.06. The minimum atomic E-state index is -0.652. The Morgan fingerprint density at radius 1 is 1.20 bits per heavy atom. The van der Waals surface area contributed by atoms with Crippen LogP contribution in [0.4, 0.5) is 4.79 Å². The molecule has 6 heteroatoms. The summed E-state index contributed by atoms with van der Waals surface area (Å²) in [4.78, 5) is 26.0.